The summed E-state index contributed by atoms with van der Waals surface area (Å²) >= 11 is 0. The van der Waals surface area contributed by atoms with Gasteiger partial charge >= 0.3 is 0 Å². The van der Waals surface area contributed by atoms with Crippen molar-refractivity contribution in [2.75, 3.05) is 27.3 Å². The molecular weight excluding hydrogens is 241 g/mol. The predicted molar refractivity (Wildman–Crippen MR) is 39.3 cm³/mol. The molecule has 3 heteroatoms. The Morgan fingerprint density at radius 1 is 1.50 bits per heavy atom. The van der Waals surface area contributed by atoms with Gasteiger partial charge in [-0.2, -0.15) is 0 Å². The first kappa shape index (κ1) is 13.0. The minimum atomic E-state index is 0. The third-order valence-corrected chi connectivity index (χ3v) is 1.13. The zero-order valence-electron chi connectivity index (χ0n) is 6.93. The Morgan fingerprint density at radius 2 is 2.10 bits per heavy atom. The maximum atomic E-state index is 4.86. The molecule has 0 saturated heterocycles. The minimum absolute atomic E-state index is 0. The largest absolute Gasteiger partial charge is 1.00 e. The van der Waals surface area contributed by atoms with E-state index in [-0.39, 0.29) is 24.0 Å². The Hall–Kier alpha value is 0.360. The van der Waals surface area contributed by atoms with E-state index < -0.39 is 0 Å². The van der Waals surface area contributed by atoms with Crippen LogP contribution in [0.5, 0.6) is 0 Å². The SMILES string of the molecule is CCC[N+](C)=CCOC.[I-]. The van der Waals surface area contributed by atoms with Crippen molar-refractivity contribution < 1.29 is 33.3 Å². The second-order valence-corrected chi connectivity index (χ2v) is 2.12. The van der Waals surface area contributed by atoms with Crippen molar-refractivity contribution in [1.29, 1.82) is 0 Å². The Morgan fingerprint density at radius 3 is 2.50 bits per heavy atom. The van der Waals surface area contributed by atoms with Crippen molar-refractivity contribution in [3.8, 4) is 0 Å². The van der Waals surface area contributed by atoms with Crippen molar-refractivity contribution in [1.82, 2.24) is 0 Å². The van der Waals surface area contributed by atoms with Crippen molar-refractivity contribution in [2.24, 2.45) is 0 Å². The molecule has 0 radical (unpaired) electrons. The van der Waals surface area contributed by atoms with Gasteiger partial charge < -0.3 is 28.7 Å². The lowest BCUT2D eigenvalue weighted by Crippen LogP contribution is -3.00. The Bertz CT molecular complexity index is 93.6. The van der Waals surface area contributed by atoms with Crippen molar-refractivity contribution in [2.45, 2.75) is 13.3 Å². The van der Waals surface area contributed by atoms with Gasteiger partial charge in [0.05, 0.1) is 0 Å². The van der Waals surface area contributed by atoms with E-state index in [1.54, 1.807) is 7.11 Å². The summed E-state index contributed by atoms with van der Waals surface area (Å²) in [5, 5.41) is 0. The summed E-state index contributed by atoms with van der Waals surface area (Å²) in [7, 11) is 3.76. The molecule has 0 atom stereocenters. The molecule has 62 valence electrons. The number of hydrogen-bond acceptors (Lipinski definition) is 1. The second-order valence-electron chi connectivity index (χ2n) is 2.12. The minimum Gasteiger partial charge on any atom is -1.00 e. The number of hydrogen-bond donors (Lipinski definition) is 0. The topological polar surface area (TPSA) is 12.2 Å². The molecule has 0 aromatic carbocycles. The lowest BCUT2D eigenvalue weighted by Gasteiger charge is -1.91. The van der Waals surface area contributed by atoms with Gasteiger partial charge in [0.2, 0.25) is 0 Å². The molecule has 0 saturated carbocycles. The van der Waals surface area contributed by atoms with Crippen LogP contribution in [0.3, 0.4) is 0 Å². The van der Waals surface area contributed by atoms with Gasteiger partial charge in [-0.1, -0.05) is 6.92 Å². The molecule has 0 aliphatic rings. The summed E-state index contributed by atoms with van der Waals surface area (Å²) < 4.78 is 7.00. The number of nitrogens with zero attached hydrogens (tertiary/aromatic N) is 1. The van der Waals surface area contributed by atoms with Gasteiger partial charge in [0.1, 0.15) is 20.2 Å². The molecule has 0 heterocycles. The summed E-state index contributed by atoms with van der Waals surface area (Å²) in [6.45, 7) is 4.00. The fourth-order valence-electron chi connectivity index (χ4n) is 0.646. The van der Waals surface area contributed by atoms with E-state index in [1.165, 1.54) is 6.42 Å². The summed E-state index contributed by atoms with van der Waals surface area (Å²) in [5.74, 6) is 0. The maximum absolute atomic E-state index is 4.86. The highest BCUT2D eigenvalue weighted by atomic mass is 127. The Balaban J connectivity index is 0. The molecule has 0 fully saturated rings. The molecule has 0 unspecified atom stereocenters. The normalized spacial score (nSPS) is 10.9. The van der Waals surface area contributed by atoms with Gasteiger partial charge in [-0.15, -0.1) is 0 Å². The standard InChI is InChI=1S/C7H16NO.HI/c1-4-5-8(2)6-7-9-3;/h6H,4-5,7H2,1-3H3;1H/q+1;/p-1. The highest BCUT2D eigenvalue weighted by Crippen LogP contribution is 1.74. The van der Waals surface area contributed by atoms with Gasteiger partial charge in [0, 0.05) is 13.5 Å². The van der Waals surface area contributed by atoms with Crippen molar-refractivity contribution >= 4 is 6.21 Å². The average molecular weight is 257 g/mol. The molecule has 0 aromatic rings. The molecule has 0 aromatic heterocycles. The summed E-state index contributed by atoms with van der Waals surface area (Å²) in [4.78, 5) is 0. The zero-order chi connectivity index (χ0) is 7.11. The van der Waals surface area contributed by atoms with Crippen molar-refractivity contribution in [3.63, 3.8) is 0 Å². The first-order valence-corrected chi connectivity index (χ1v) is 3.33. The first-order valence-electron chi connectivity index (χ1n) is 3.33. The van der Waals surface area contributed by atoms with E-state index in [9.17, 15) is 0 Å². The van der Waals surface area contributed by atoms with Gasteiger partial charge in [0.25, 0.3) is 0 Å². The number of halogens is 1. The van der Waals surface area contributed by atoms with Crippen LogP contribution in [0, 0.1) is 0 Å². The van der Waals surface area contributed by atoms with E-state index in [1.807, 2.05) is 6.21 Å². The molecular formula is C7H16INO. The van der Waals surface area contributed by atoms with Gasteiger partial charge in [-0.05, 0) is 0 Å². The fourth-order valence-corrected chi connectivity index (χ4v) is 0.646. The number of methoxy groups -OCH3 is 1. The molecule has 0 rings (SSSR count). The van der Waals surface area contributed by atoms with E-state index in [4.69, 9.17) is 4.74 Å². The van der Waals surface area contributed by atoms with Crippen LogP contribution in [-0.4, -0.2) is 38.1 Å². The number of rotatable bonds is 4. The van der Waals surface area contributed by atoms with Crippen molar-refractivity contribution in [3.05, 3.63) is 0 Å². The lowest BCUT2D eigenvalue weighted by atomic mass is 10.5. The monoisotopic (exact) mass is 257 g/mol. The Kier molecular flexibility index (Phi) is 12.2. The highest BCUT2D eigenvalue weighted by Gasteiger charge is 1.89. The molecule has 0 spiro atoms. The van der Waals surface area contributed by atoms with E-state index in [0.717, 1.165) is 13.2 Å². The molecule has 10 heavy (non-hydrogen) atoms. The molecule has 0 bridgehead atoms. The molecule has 0 aliphatic carbocycles. The zero-order valence-corrected chi connectivity index (χ0v) is 9.09. The van der Waals surface area contributed by atoms with Gasteiger partial charge in [0.15, 0.2) is 6.21 Å². The molecule has 0 N–H and O–H groups in total. The summed E-state index contributed by atoms with van der Waals surface area (Å²) in [5.41, 5.74) is 0. The molecule has 2 nitrogen and oxygen atoms in total. The van der Waals surface area contributed by atoms with Crippen LogP contribution in [-0.2, 0) is 4.74 Å². The van der Waals surface area contributed by atoms with E-state index in [2.05, 4.69) is 18.5 Å². The van der Waals surface area contributed by atoms with Crippen LogP contribution in [0.4, 0.5) is 0 Å². The third-order valence-electron chi connectivity index (χ3n) is 1.13. The maximum Gasteiger partial charge on any atom is 0.165 e. The molecule has 0 aliphatic heterocycles. The quantitative estimate of drug-likeness (QED) is 0.315. The van der Waals surface area contributed by atoms with Crippen LogP contribution in [0.25, 0.3) is 0 Å². The smallest absolute Gasteiger partial charge is 0.165 e. The third kappa shape index (κ3) is 8.36. The number of ether oxygens (including phenoxy) is 1. The highest BCUT2D eigenvalue weighted by molar-refractivity contribution is 5.52. The van der Waals surface area contributed by atoms with Gasteiger partial charge in [-0.25, -0.2) is 4.58 Å². The van der Waals surface area contributed by atoms with Crippen LogP contribution in [0.1, 0.15) is 13.3 Å². The summed E-state index contributed by atoms with van der Waals surface area (Å²) in [6.07, 6.45) is 3.24. The average Bonchev–Trinajstić information content (AvgIpc) is 1.85. The van der Waals surface area contributed by atoms with E-state index in [0.29, 0.717) is 0 Å². The van der Waals surface area contributed by atoms with Crippen LogP contribution < -0.4 is 24.0 Å². The Labute approximate surface area is 80.3 Å². The van der Waals surface area contributed by atoms with Crippen LogP contribution in [0.15, 0.2) is 0 Å². The van der Waals surface area contributed by atoms with Crippen LogP contribution >= 0.6 is 0 Å². The van der Waals surface area contributed by atoms with Crippen LogP contribution in [0.2, 0.25) is 0 Å². The second kappa shape index (κ2) is 9.36. The summed E-state index contributed by atoms with van der Waals surface area (Å²) in [6, 6.07) is 0. The van der Waals surface area contributed by atoms with Gasteiger partial charge in [-0.3, -0.25) is 0 Å². The van der Waals surface area contributed by atoms with E-state index >= 15 is 0 Å². The first-order chi connectivity index (χ1) is 4.31. The molecule has 0 amide bonds. The lowest BCUT2D eigenvalue weighted by molar-refractivity contribution is -0.494. The fraction of sp³-hybridized carbons (Fsp3) is 0.857. The predicted octanol–water partition coefficient (Wildman–Crippen LogP) is -2.24.